The van der Waals surface area contributed by atoms with Gasteiger partial charge in [0, 0.05) is 18.6 Å². The topological polar surface area (TPSA) is 3.88 Å². The summed E-state index contributed by atoms with van der Waals surface area (Å²) in [6.07, 6.45) is 14.9. The van der Waals surface area contributed by atoms with E-state index in [0.29, 0.717) is 0 Å². The molecule has 0 aromatic carbocycles. The van der Waals surface area contributed by atoms with Crippen LogP contribution in [0.3, 0.4) is 0 Å². The first-order valence-electron chi connectivity index (χ1n) is 6.67. The smallest absolute Gasteiger partial charge is 0.168 e. The maximum absolute atomic E-state index is 3.86. The summed E-state index contributed by atoms with van der Waals surface area (Å²) in [5, 5.41) is 0. The largest absolute Gasteiger partial charge is 0.205 e. The highest BCUT2D eigenvalue weighted by atomic mass is 14.9. The Morgan fingerprint density at radius 3 is 1.88 bits per heavy atom. The molecule has 0 saturated heterocycles. The lowest BCUT2D eigenvalue weighted by Gasteiger charge is -2.00. The average molecular weight is 219 g/mol. The fourth-order valence-corrected chi connectivity index (χ4v) is 1.94. The third-order valence-electron chi connectivity index (χ3n) is 2.94. The zero-order valence-electron chi connectivity index (χ0n) is 10.4. The normalized spacial score (nSPS) is 10.6. The van der Waals surface area contributed by atoms with Gasteiger partial charge < -0.3 is 0 Å². The Morgan fingerprint density at radius 2 is 1.25 bits per heavy atom. The number of aromatic nitrogens is 1. The number of hydrogen-bond donors (Lipinski definition) is 0. The van der Waals surface area contributed by atoms with Crippen LogP contribution in [0.25, 0.3) is 0 Å². The van der Waals surface area contributed by atoms with Crippen molar-refractivity contribution in [1.29, 1.82) is 0 Å². The number of hydrogen-bond acceptors (Lipinski definition) is 0. The van der Waals surface area contributed by atoms with Crippen molar-refractivity contribution in [3.8, 4) is 0 Å². The fraction of sp³-hybridized carbons (Fsp3) is 0.600. The van der Waals surface area contributed by atoms with E-state index < -0.39 is 0 Å². The molecule has 0 bridgehead atoms. The van der Waals surface area contributed by atoms with E-state index in [1.807, 2.05) is 0 Å². The van der Waals surface area contributed by atoms with E-state index in [2.05, 4.69) is 42.1 Å². The standard InChI is InChI=1S/C15H25N/c1-2-3-4-5-6-7-8-10-13-16-14-11-9-12-15-16/h9,11-12,14-15H,1-8,10,13H2/q+1. The van der Waals surface area contributed by atoms with Crippen molar-refractivity contribution >= 4 is 0 Å². The summed E-state index contributed by atoms with van der Waals surface area (Å²) in [4.78, 5) is 0. The first-order valence-corrected chi connectivity index (χ1v) is 6.67. The van der Waals surface area contributed by atoms with Gasteiger partial charge in [-0.1, -0.05) is 51.5 Å². The highest BCUT2D eigenvalue weighted by Crippen LogP contribution is 2.07. The molecule has 0 spiro atoms. The Morgan fingerprint density at radius 1 is 0.688 bits per heavy atom. The van der Waals surface area contributed by atoms with Crippen molar-refractivity contribution in [3.05, 3.63) is 37.5 Å². The SMILES string of the molecule is [CH2]CCCCCCCCC[n+]1ccccc1. The fourth-order valence-electron chi connectivity index (χ4n) is 1.94. The van der Waals surface area contributed by atoms with Crippen LogP contribution in [-0.4, -0.2) is 0 Å². The lowest BCUT2D eigenvalue weighted by Crippen LogP contribution is -2.32. The number of rotatable bonds is 9. The van der Waals surface area contributed by atoms with Crippen LogP contribution < -0.4 is 4.57 Å². The van der Waals surface area contributed by atoms with E-state index in [1.165, 1.54) is 51.5 Å². The highest BCUT2D eigenvalue weighted by molar-refractivity contribution is 4.83. The third kappa shape index (κ3) is 6.60. The predicted molar refractivity (Wildman–Crippen MR) is 68.9 cm³/mol. The van der Waals surface area contributed by atoms with Gasteiger partial charge in [0.1, 0.15) is 6.54 Å². The van der Waals surface area contributed by atoms with Crippen LogP contribution in [0.2, 0.25) is 0 Å². The molecule has 16 heavy (non-hydrogen) atoms. The van der Waals surface area contributed by atoms with E-state index in [-0.39, 0.29) is 0 Å². The predicted octanol–water partition coefficient (Wildman–Crippen LogP) is 3.93. The Hall–Kier alpha value is -0.850. The molecule has 1 aromatic heterocycles. The molecule has 0 unspecified atom stereocenters. The van der Waals surface area contributed by atoms with Gasteiger partial charge in [-0.25, -0.2) is 4.57 Å². The summed E-state index contributed by atoms with van der Waals surface area (Å²) in [5.41, 5.74) is 0. The van der Waals surface area contributed by atoms with Crippen LogP contribution in [0.4, 0.5) is 0 Å². The van der Waals surface area contributed by atoms with Gasteiger partial charge >= 0.3 is 0 Å². The summed E-state index contributed by atoms with van der Waals surface area (Å²) in [5.74, 6) is 0. The monoisotopic (exact) mass is 219 g/mol. The minimum atomic E-state index is 1.10. The summed E-state index contributed by atoms with van der Waals surface area (Å²) in [6.45, 7) is 5.03. The van der Waals surface area contributed by atoms with Crippen LogP contribution in [0.5, 0.6) is 0 Å². The maximum atomic E-state index is 3.86. The minimum absolute atomic E-state index is 1.10. The summed E-state index contributed by atoms with van der Waals surface area (Å²) >= 11 is 0. The van der Waals surface area contributed by atoms with Gasteiger partial charge in [-0.2, -0.15) is 0 Å². The van der Waals surface area contributed by atoms with Crippen LogP contribution in [0.1, 0.15) is 51.4 Å². The summed E-state index contributed by atoms with van der Waals surface area (Å²) in [7, 11) is 0. The molecule has 1 radical (unpaired) electrons. The lowest BCUT2D eigenvalue weighted by molar-refractivity contribution is -0.697. The lowest BCUT2D eigenvalue weighted by atomic mass is 10.1. The first kappa shape index (κ1) is 13.2. The summed E-state index contributed by atoms with van der Waals surface area (Å²) in [6, 6.07) is 6.26. The number of aryl methyl sites for hydroxylation is 1. The molecule has 0 aliphatic carbocycles. The van der Waals surface area contributed by atoms with Crippen LogP contribution >= 0.6 is 0 Å². The molecule has 1 rings (SSSR count). The quantitative estimate of drug-likeness (QED) is 0.437. The molecule has 0 fully saturated rings. The molecule has 0 N–H and O–H groups in total. The molecule has 1 heteroatoms. The van der Waals surface area contributed by atoms with E-state index in [4.69, 9.17) is 0 Å². The Bertz CT molecular complexity index is 243. The Labute approximate surface area is 101 Å². The van der Waals surface area contributed by atoms with E-state index in [0.717, 1.165) is 6.42 Å². The molecule has 89 valence electrons. The van der Waals surface area contributed by atoms with E-state index in [1.54, 1.807) is 0 Å². The Kier molecular flexibility index (Phi) is 7.75. The molecule has 1 heterocycles. The molecular weight excluding hydrogens is 194 g/mol. The Balaban J connectivity index is 1.89. The third-order valence-corrected chi connectivity index (χ3v) is 2.94. The zero-order chi connectivity index (χ0) is 11.5. The van der Waals surface area contributed by atoms with Gasteiger partial charge in [0.25, 0.3) is 0 Å². The van der Waals surface area contributed by atoms with Crippen molar-refractivity contribution in [3.63, 3.8) is 0 Å². The molecule has 0 saturated carbocycles. The molecule has 0 atom stereocenters. The molecular formula is C15H25N+. The highest BCUT2D eigenvalue weighted by Gasteiger charge is 1.97. The molecule has 0 aliphatic heterocycles. The van der Waals surface area contributed by atoms with Gasteiger partial charge in [-0.05, 0) is 6.42 Å². The average Bonchev–Trinajstić information content (AvgIpc) is 2.34. The maximum Gasteiger partial charge on any atom is 0.168 e. The van der Waals surface area contributed by atoms with Gasteiger partial charge in [-0.15, -0.1) is 0 Å². The van der Waals surface area contributed by atoms with Gasteiger partial charge in [0.15, 0.2) is 12.4 Å². The van der Waals surface area contributed by atoms with Crippen molar-refractivity contribution in [1.82, 2.24) is 0 Å². The number of nitrogens with zero attached hydrogens (tertiary/aromatic N) is 1. The van der Waals surface area contributed by atoms with E-state index in [9.17, 15) is 0 Å². The summed E-state index contributed by atoms with van der Waals surface area (Å²) < 4.78 is 2.27. The van der Waals surface area contributed by atoms with Gasteiger partial charge in [-0.3, -0.25) is 0 Å². The van der Waals surface area contributed by atoms with Crippen molar-refractivity contribution in [2.45, 2.75) is 57.9 Å². The van der Waals surface area contributed by atoms with Crippen molar-refractivity contribution < 1.29 is 4.57 Å². The van der Waals surface area contributed by atoms with E-state index >= 15 is 0 Å². The molecule has 0 aliphatic rings. The first-order chi connectivity index (χ1) is 7.93. The van der Waals surface area contributed by atoms with Crippen LogP contribution in [-0.2, 0) is 6.54 Å². The van der Waals surface area contributed by atoms with Crippen LogP contribution in [0.15, 0.2) is 30.6 Å². The van der Waals surface area contributed by atoms with Crippen molar-refractivity contribution in [2.24, 2.45) is 0 Å². The van der Waals surface area contributed by atoms with Gasteiger partial charge in [0.2, 0.25) is 0 Å². The minimum Gasteiger partial charge on any atom is -0.205 e. The van der Waals surface area contributed by atoms with Crippen LogP contribution in [0, 0.1) is 6.92 Å². The van der Waals surface area contributed by atoms with Crippen molar-refractivity contribution in [2.75, 3.05) is 0 Å². The zero-order valence-corrected chi connectivity index (χ0v) is 10.4. The second-order valence-corrected chi connectivity index (χ2v) is 4.44. The second-order valence-electron chi connectivity index (χ2n) is 4.44. The molecule has 1 nitrogen and oxygen atoms in total. The molecule has 0 amide bonds. The number of unbranched alkanes of at least 4 members (excludes halogenated alkanes) is 7. The number of pyridine rings is 1. The van der Waals surface area contributed by atoms with Gasteiger partial charge in [0.05, 0.1) is 0 Å². The second kappa shape index (κ2) is 9.38. The molecule has 1 aromatic rings.